The Bertz CT molecular complexity index is 2660. The van der Waals surface area contributed by atoms with Gasteiger partial charge in [-0.25, -0.2) is 4.39 Å². The highest BCUT2D eigenvalue weighted by atomic mass is 19.1. The number of imide groups is 2. The van der Waals surface area contributed by atoms with Crippen LogP contribution in [0.15, 0.2) is 60.8 Å². The molecule has 3 unspecified atom stereocenters. The van der Waals surface area contributed by atoms with Gasteiger partial charge in [-0.2, -0.15) is 5.26 Å². The second-order valence-electron chi connectivity index (χ2n) is 18.7. The second-order valence-corrected chi connectivity index (χ2v) is 18.7. The number of anilines is 2. The van der Waals surface area contributed by atoms with Gasteiger partial charge in [0.15, 0.2) is 0 Å². The van der Waals surface area contributed by atoms with Gasteiger partial charge in [0.2, 0.25) is 11.8 Å². The van der Waals surface area contributed by atoms with Crippen LogP contribution in [0.1, 0.15) is 95.1 Å². The van der Waals surface area contributed by atoms with Crippen LogP contribution in [0, 0.1) is 28.5 Å². The number of halogens is 1. The Morgan fingerprint density at radius 1 is 0.921 bits per heavy atom. The number of aromatic nitrogens is 1. The maximum absolute atomic E-state index is 15.8. The number of nitriles is 1. The number of hydrogen-bond donors (Lipinski definition) is 2. The van der Waals surface area contributed by atoms with E-state index in [1.165, 1.54) is 6.07 Å². The zero-order valence-corrected chi connectivity index (χ0v) is 35.6. The number of fused-ring (bicyclic) bond motifs is 3. The van der Waals surface area contributed by atoms with Crippen molar-refractivity contribution in [3.05, 3.63) is 94.4 Å². The molecule has 15 heteroatoms. The topological polar surface area (TPSA) is 168 Å². The van der Waals surface area contributed by atoms with E-state index in [0.717, 1.165) is 86.6 Å². The highest BCUT2D eigenvalue weighted by Gasteiger charge is 2.69. The molecule has 5 aliphatic heterocycles. The quantitative estimate of drug-likeness (QED) is 0.231. The SMILES string of the molecule is CC1(C)C(NC(=O)c2ccc(N3CCC(CCN4CCN(c5ccc6c(c5)C(=O)N(C5CCC(=O)NC5=O)C6=O)CC4)CC3)c(F)c2)C2(C)c3ccnc4c(C#N)ccc(c34)O[C@@H]12. The van der Waals surface area contributed by atoms with E-state index >= 15 is 4.39 Å². The van der Waals surface area contributed by atoms with E-state index in [4.69, 9.17) is 4.74 Å². The monoisotopic (exact) mass is 852 g/mol. The summed E-state index contributed by atoms with van der Waals surface area (Å²) in [5.74, 6) is -1.61. The first-order valence-corrected chi connectivity index (χ1v) is 21.9. The van der Waals surface area contributed by atoms with E-state index in [9.17, 15) is 29.2 Å². The summed E-state index contributed by atoms with van der Waals surface area (Å²) in [6.07, 6.45) is 4.60. The van der Waals surface area contributed by atoms with E-state index < -0.39 is 46.3 Å². The van der Waals surface area contributed by atoms with Crippen molar-refractivity contribution < 1.29 is 33.1 Å². The molecule has 4 atom stereocenters. The number of rotatable bonds is 8. The minimum Gasteiger partial charge on any atom is -0.488 e. The Morgan fingerprint density at radius 3 is 2.41 bits per heavy atom. The normalized spacial score (nSPS) is 25.5. The summed E-state index contributed by atoms with van der Waals surface area (Å²) in [6.45, 7) is 11.9. The Labute approximate surface area is 364 Å². The Hall–Kier alpha value is -6.40. The Kier molecular flexibility index (Phi) is 9.78. The van der Waals surface area contributed by atoms with Crippen molar-refractivity contribution in [2.24, 2.45) is 11.3 Å². The third-order valence-corrected chi connectivity index (χ3v) is 14.8. The first-order valence-electron chi connectivity index (χ1n) is 21.9. The maximum atomic E-state index is 15.8. The molecule has 5 amide bonds. The fourth-order valence-corrected chi connectivity index (χ4v) is 11.5. The maximum Gasteiger partial charge on any atom is 0.262 e. The predicted octanol–water partition coefficient (Wildman–Crippen LogP) is 4.93. The molecular formula is C48H49FN8O6. The number of piperazine rings is 1. The summed E-state index contributed by atoms with van der Waals surface area (Å²) < 4.78 is 22.4. The molecular weight excluding hydrogens is 804 g/mol. The van der Waals surface area contributed by atoms with E-state index in [2.05, 4.69) is 57.2 Å². The van der Waals surface area contributed by atoms with Crippen LogP contribution in [-0.4, -0.2) is 108 Å². The fraction of sp³-hybridized carbons (Fsp3) is 0.438. The molecule has 3 saturated heterocycles. The van der Waals surface area contributed by atoms with Crippen molar-refractivity contribution in [2.75, 3.05) is 55.6 Å². The number of nitrogens with one attached hydrogen (secondary N) is 2. The molecule has 63 heavy (non-hydrogen) atoms. The average Bonchev–Trinajstić information content (AvgIpc) is 3.53. The number of benzene rings is 3. The van der Waals surface area contributed by atoms with Crippen molar-refractivity contribution in [2.45, 2.75) is 76.5 Å². The van der Waals surface area contributed by atoms with Gasteiger partial charge in [0, 0.05) is 73.9 Å². The van der Waals surface area contributed by atoms with E-state index in [-0.39, 0.29) is 47.6 Å². The molecule has 1 aromatic heterocycles. The van der Waals surface area contributed by atoms with Crippen molar-refractivity contribution in [3.8, 4) is 11.8 Å². The van der Waals surface area contributed by atoms with Crippen LogP contribution < -0.4 is 25.2 Å². The van der Waals surface area contributed by atoms with E-state index in [1.54, 1.807) is 36.5 Å². The lowest BCUT2D eigenvalue weighted by molar-refractivity contribution is -0.136. The number of amides is 5. The van der Waals surface area contributed by atoms with Gasteiger partial charge in [0.05, 0.1) is 39.4 Å². The second kappa shape index (κ2) is 15.1. The molecule has 0 spiro atoms. The lowest BCUT2D eigenvalue weighted by Crippen LogP contribution is -2.78. The third-order valence-electron chi connectivity index (χ3n) is 14.8. The van der Waals surface area contributed by atoms with Gasteiger partial charge in [0.25, 0.3) is 17.7 Å². The third kappa shape index (κ3) is 6.51. The van der Waals surface area contributed by atoms with Crippen LogP contribution in [0.3, 0.4) is 0 Å². The molecule has 0 bridgehead atoms. The van der Waals surface area contributed by atoms with Gasteiger partial charge in [-0.1, -0.05) is 13.8 Å². The largest absolute Gasteiger partial charge is 0.488 e. The van der Waals surface area contributed by atoms with Crippen molar-refractivity contribution >= 4 is 51.8 Å². The lowest BCUT2D eigenvalue weighted by atomic mass is 9.45. The summed E-state index contributed by atoms with van der Waals surface area (Å²) in [5, 5.41) is 16.0. The molecule has 0 radical (unpaired) electrons. The van der Waals surface area contributed by atoms with Crippen LogP contribution in [0.25, 0.3) is 10.9 Å². The van der Waals surface area contributed by atoms with Crippen molar-refractivity contribution in [3.63, 3.8) is 0 Å². The van der Waals surface area contributed by atoms with Crippen molar-refractivity contribution in [1.29, 1.82) is 5.26 Å². The molecule has 1 saturated carbocycles. The number of hydrogen-bond acceptors (Lipinski definition) is 11. The summed E-state index contributed by atoms with van der Waals surface area (Å²) in [5.41, 5.74) is 3.17. The Morgan fingerprint density at radius 2 is 1.68 bits per heavy atom. The van der Waals surface area contributed by atoms with Gasteiger partial charge >= 0.3 is 0 Å². The molecule has 2 N–H and O–H groups in total. The van der Waals surface area contributed by atoms with Gasteiger partial charge in [-0.15, -0.1) is 0 Å². The summed E-state index contributed by atoms with van der Waals surface area (Å²) in [7, 11) is 0. The molecule has 6 heterocycles. The molecule has 3 aromatic carbocycles. The lowest BCUT2D eigenvalue weighted by Gasteiger charge is -2.66. The first kappa shape index (κ1) is 40.7. The number of carbonyl (C=O) groups is 5. The molecule has 10 rings (SSSR count). The zero-order chi connectivity index (χ0) is 43.9. The van der Waals surface area contributed by atoms with Crippen LogP contribution in [-0.2, 0) is 15.0 Å². The van der Waals surface area contributed by atoms with Gasteiger partial charge in [-0.05, 0) is 105 Å². The highest BCUT2D eigenvalue weighted by Crippen LogP contribution is 2.61. The van der Waals surface area contributed by atoms with Crippen LogP contribution in [0.2, 0.25) is 0 Å². The fourth-order valence-electron chi connectivity index (χ4n) is 11.5. The molecule has 4 fully saturated rings. The Balaban J connectivity index is 0.711. The van der Waals surface area contributed by atoms with Crippen molar-refractivity contribution in [1.82, 2.24) is 25.4 Å². The molecule has 4 aromatic rings. The van der Waals surface area contributed by atoms with Gasteiger partial charge in [0.1, 0.15) is 29.8 Å². The minimum atomic E-state index is -0.990. The van der Waals surface area contributed by atoms with Gasteiger partial charge in [-0.3, -0.25) is 44.1 Å². The number of piperidine rings is 2. The van der Waals surface area contributed by atoms with Crippen LogP contribution >= 0.6 is 0 Å². The average molecular weight is 853 g/mol. The summed E-state index contributed by atoms with van der Waals surface area (Å²) >= 11 is 0. The number of carbonyl (C=O) groups excluding carboxylic acids is 5. The van der Waals surface area contributed by atoms with Gasteiger partial charge < -0.3 is 19.9 Å². The van der Waals surface area contributed by atoms with E-state index in [0.29, 0.717) is 28.4 Å². The van der Waals surface area contributed by atoms with Crippen LogP contribution in [0.5, 0.6) is 5.75 Å². The van der Waals surface area contributed by atoms with E-state index in [1.807, 2.05) is 18.2 Å². The summed E-state index contributed by atoms with van der Waals surface area (Å²) in [4.78, 5) is 76.6. The summed E-state index contributed by atoms with van der Waals surface area (Å²) in [6, 6.07) is 16.5. The number of ether oxygens (including phenoxy) is 1. The highest BCUT2D eigenvalue weighted by molar-refractivity contribution is 6.23. The molecule has 14 nitrogen and oxygen atoms in total. The standard InChI is InChI=1S/C48H49FN8O6/c1-47(2)45(48(3)33-12-16-51-40-29(26-50)5-10-37(39(33)40)63-46(47)48)53-41(59)28-4-8-35(34(49)24-28)56-18-14-27(15-19-56)13-17-54-20-22-55(23-21-54)30-6-7-31-32(25-30)44(62)57(43(31)61)36-9-11-38(58)52-42(36)60/h4-8,10,12,16,24-25,27,36,45-46H,9,11,13-15,17-23H2,1-3H3,(H,53,59)(H,52,58,60)/t36?,45?,46-,48?/m0/s1. The first-order chi connectivity index (χ1) is 30.3. The smallest absolute Gasteiger partial charge is 0.262 e. The van der Waals surface area contributed by atoms with Crippen LogP contribution in [0.4, 0.5) is 15.8 Å². The minimum absolute atomic E-state index is 0.0787. The number of nitrogens with zero attached hydrogens (tertiary/aromatic N) is 6. The molecule has 324 valence electrons. The molecule has 1 aliphatic carbocycles. The zero-order valence-electron chi connectivity index (χ0n) is 35.6. The molecule has 6 aliphatic rings. The predicted molar refractivity (Wildman–Crippen MR) is 231 cm³/mol. The number of pyridine rings is 1.